The highest BCUT2D eigenvalue weighted by atomic mass is 35.5. The van der Waals surface area contributed by atoms with Crippen LogP contribution < -0.4 is 15.5 Å². The van der Waals surface area contributed by atoms with E-state index in [9.17, 15) is 14.4 Å². The fourth-order valence-corrected chi connectivity index (χ4v) is 4.76. The lowest BCUT2D eigenvalue weighted by Crippen LogP contribution is -2.48. The summed E-state index contributed by atoms with van der Waals surface area (Å²) in [6.45, 7) is 1.08. The number of morpholine rings is 1. The summed E-state index contributed by atoms with van der Waals surface area (Å²) in [5.74, 6) is -0.451. The molecule has 1 aliphatic heterocycles. The molecule has 158 valence electrons. The molecule has 2 heterocycles. The Morgan fingerprint density at radius 1 is 1.03 bits per heavy atom. The van der Waals surface area contributed by atoms with Gasteiger partial charge in [-0.1, -0.05) is 11.6 Å². The van der Waals surface area contributed by atoms with Crippen LogP contribution in [0.3, 0.4) is 0 Å². The first-order valence-electron chi connectivity index (χ1n) is 9.86. The molecule has 1 aliphatic carbocycles. The molecule has 0 bridgehead atoms. The van der Waals surface area contributed by atoms with Crippen LogP contribution in [-0.2, 0) is 9.53 Å². The van der Waals surface area contributed by atoms with Crippen LogP contribution in [0, 0.1) is 0 Å². The molecule has 1 aromatic carbocycles. The number of rotatable bonds is 5. The fourth-order valence-electron chi connectivity index (χ4n) is 3.82. The van der Waals surface area contributed by atoms with Crippen molar-refractivity contribution in [2.45, 2.75) is 31.3 Å². The summed E-state index contributed by atoms with van der Waals surface area (Å²) in [5, 5.41) is 6.05. The van der Waals surface area contributed by atoms with Crippen molar-refractivity contribution in [3.63, 3.8) is 0 Å². The van der Waals surface area contributed by atoms with E-state index in [2.05, 4.69) is 10.6 Å². The van der Waals surface area contributed by atoms with Gasteiger partial charge >= 0.3 is 0 Å². The first-order valence-corrected chi connectivity index (χ1v) is 11.1. The summed E-state index contributed by atoms with van der Waals surface area (Å²) in [5.41, 5.74) is 1.27. The van der Waals surface area contributed by atoms with E-state index in [4.69, 9.17) is 16.3 Å². The van der Waals surface area contributed by atoms with E-state index in [1.165, 1.54) is 11.3 Å². The van der Waals surface area contributed by atoms with Gasteiger partial charge in [0.15, 0.2) is 0 Å². The smallest absolute Gasteiger partial charge is 0.261 e. The van der Waals surface area contributed by atoms with Gasteiger partial charge < -0.3 is 20.3 Å². The Kier molecular flexibility index (Phi) is 6.36. The number of benzene rings is 1. The predicted molar refractivity (Wildman–Crippen MR) is 115 cm³/mol. The summed E-state index contributed by atoms with van der Waals surface area (Å²) in [7, 11) is 0. The number of halogens is 1. The zero-order valence-corrected chi connectivity index (χ0v) is 17.8. The number of amides is 3. The van der Waals surface area contributed by atoms with Gasteiger partial charge in [-0.2, -0.15) is 0 Å². The van der Waals surface area contributed by atoms with Crippen molar-refractivity contribution in [3.8, 4) is 0 Å². The average molecular weight is 448 g/mol. The van der Waals surface area contributed by atoms with Crippen LogP contribution in [0.4, 0.5) is 5.69 Å². The van der Waals surface area contributed by atoms with Gasteiger partial charge in [0.1, 0.15) is 6.61 Å². The topological polar surface area (TPSA) is 87.7 Å². The molecule has 2 fully saturated rings. The Balaban J connectivity index is 1.36. The number of anilines is 1. The van der Waals surface area contributed by atoms with Gasteiger partial charge in [-0.3, -0.25) is 14.4 Å². The lowest BCUT2D eigenvalue weighted by Gasteiger charge is -2.27. The standard InChI is InChI=1S/C21H22ClN3O4S/c22-18-9-8-17(30-18)21(28)24-16-3-1-2-15(16)23-20(27)13-4-6-14(7-5-13)25-10-11-29-12-19(25)26/h4-9,15-16H,1-3,10-12H2,(H,23,27)(H,24,28)/t15-,16+/m0/s1. The number of thiophene rings is 1. The molecule has 2 aliphatic rings. The third-order valence-corrected chi connectivity index (χ3v) is 6.60. The van der Waals surface area contributed by atoms with Crippen molar-refractivity contribution in [2.75, 3.05) is 24.7 Å². The lowest BCUT2D eigenvalue weighted by atomic mass is 10.1. The average Bonchev–Trinajstić information content (AvgIpc) is 3.37. The second-order valence-electron chi connectivity index (χ2n) is 7.34. The van der Waals surface area contributed by atoms with Crippen LogP contribution in [0.2, 0.25) is 4.34 Å². The molecule has 4 rings (SSSR count). The SMILES string of the molecule is O=C(N[C@H]1CCC[C@H]1NC(=O)c1ccc(Cl)s1)c1ccc(N2CCOCC2=O)cc1. The third-order valence-electron chi connectivity index (χ3n) is 5.37. The predicted octanol–water partition coefficient (Wildman–Crippen LogP) is 2.85. The van der Waals surface area contributed by atoms with Gasteiger partial charge in [0.25, 0.3) is 17.7 Å². The molecule has 30 heavy (non-hydrogen) atoms. The lowest BCUT2D eigenvalue weighted by molar-refractivity contribution is -0.125. The minimum absolute atomic E-state index is 0.0781. The van der Waals surface area contributed by atoms with Crippen LogP contribution in [0.1, 0.15) is 39.3 Å². The molecule has 2 aromatic rings. The highest BCUT2D eigenvalue weighted by molar-refractivity contribution is 7.18. The fraction of sp³-hybridized carbons (Fsp3) is 0.381. The molecule has 9 heteroatoms. The zero-order chi connectivity index (χ0) is 21.1. The molecule has 0 spiro atoms. The molecular weight excluding hydrogens is 426 g/mol. The summed E-state index contributed by atoms with van der Waals surface area (Å²) in [4.78, 5) is 39.3. The largest absolute Gasteiger partial charge is 0.370 e. The Morgan fingerprint density at radius 2 is 1.73 bits per heavy atom. The van der Waals surface area contributed by atoms with Crippen LogP contribution in [-0.4, -0.2) is 49.6 Å². The molecule has 3 amide bonds. The van der Waals surface area contributed by atoms with Crippen LogP contribution >= 0.6 is 22.9 Å². The highest BCUT2D eigenvalue weighted by Crippen LogP contribution is 2.24. The molecule has 0 radical (unpaired) electrons. The zero-order valence-electron chi connectivity index (χ0n) is 16.2. The molecule has 2 N–H and O–H groups in total. The Bertz CT molecular complexity index is 946. The van der Waals surface area contributed by atoms with Crippen LogP contribution in [0.5, 0.6) is 0 Å². The molecule has 2 atom stereocenters. The molecule has 1 saturated carbocycles. The Labute approximate surface area is 183 Å². The first-order chi connectivity index (χ1) is 14.5. The maximum atomic E-state index is 12.7. The van der Waals surface area contributed by atoms with E-state index < -0.39 is 0 Å². The summed E-state index contributed by atoms with van der Waals surface area (Å²) in [6, 6.07) is 10.1. The number of hydrogen-bond donors (Lipinski definition) is 2. The van der Waals surface area contributed by atoms with Crippen molar-refractivity contribution >= 4 is 46.3 Å². The summed E-state index contributed by atoms with van der Waals surface area (Å²) in [6.07, 6.45) is 2.55. The van der Waals surface area contributed by atoms with Gasteiger partial charge in [0.05, 0.1) is 15.8 Å². The first kappa shape index (κ1) is 20.8. The van der Waals surface area contributed by atoms with Crippen molar-refractivity contribution in [1.29, 1.82) is 0 Å². The number of nitrogens with zero attached hydrogens (tertiary/aromatic N) is 1. The second kappa shape index (κ2) is 9.16. The van der Waals surface area contributed by atoms with E-state index in [-0.39, 0.29) is 36.4 Å². The quantitative estimate of drug-likeness (QED) is 0.737. The monoisotopic (exact) mass is 447 g/mol. The summed E-state index contributed by atoms with van der Waals surface area (Å²) < 4.78 is 5.71. The van der Waals surface area contributed by atoms with Crippen molar-refractivity contribution in [2.24, 2.45) is 0 Å². The van der Waals surface area contributed by atoms with Gasteiger partial charge in [0.2, 0.25) is 0 Å². The van der Waals surface area contributed by atoms with Gasteiger partial charge in [0, 0.05) is 29.9 Å². The highest BCUT2D eigenvalue weighted by Gasteiger charge is 2.30. The van der Waals surface area contributed by atoms with Crippen molar-refractivity contribution in [3.05, 3.63) is 51.2 Å². The molecule has 1 aromatic heterocycles. The minimum atomic E-state index is -0.194. The minimum Gasteiger partial charge on any atom is -0.370 e. The molecule has 0 unspecified atom stereocenters. The van der Waals surface area contributed by atoms with Gasteiger partial charge in [-0.25, -0.2) is 0 Å². The number of hydrogen-bond acceptors (Lipinski definition) is 5. The molecular formula is C21H22ClN3O4S. The number of carbonyl (C=O) groups is 3. The van der Waals surface area contributed by atoms with Gasteiger partial charge in [-0.15, -0.1) is 11.3 Å². The number of ether oxygens (including phenoxy) is 1. The summed E-state index contributed by atoms with van der Waals surface area (Å²) >= 11 is 7.14. The second-order valence-corrected chi connectivity index (χ2v) is 9.05. The number of nitrogens with one attached hydrogen (secondary N) is 2. The van der Waals surface area contributed by atoms with Crippen LogP contribution in [0.25, 0.3) is 0 Å². The van der Waals surface area contributed by atoms with E-state index in [0.717, 1.165) is 24.9 Å². The van der Waals surface area contributed by atoms with Gasteiger partial charge in [-0.05, 0) is 55.7 Å². The van der Waals surface area contributed by atoms with E-state index in [0.29, 0.717) is 27.9 Å². The third kappa shape index (κ3) is 4.66. The Morgan fingerprint density at radius 3 is 2.37 bits per heavy atom. The molecule has 7 nitrogen and oxygen atoms in total. The molecule has 1 saturated heterocycles. The normalized spacial score (nSPS) is 21.5. The van der Waals surface area contributed by atoms with Crippen LogP contribution in [0.15, 0.2) is 36.4 Å². The van der Waals surface area contributed by atoms with E-state index >= 15 is 0 Å². The van der Waals surface area contributed by atoms with E-state index in [1.54, 1.807) is 41.3 Å². The maximum absolute atomic E-state index is 12.7. The number of carbonyl (C=O) groups excluding carboxylic acids is 3. The maximum Gasteiger partial charge on any atom is 0.261 e. The van der Waals surface area contributed by atoms with E-state index in [1.807, 2.05) is 0 Å². The van der Waals surface area contributed by atoms with Crippen molar-refractivity contribution < 1.29 is 19.1 Å². The van der Waals surface area contributed by atoms with Crippen molar-refractivity contribution in [1.82, 2.24) is 10.6 Å². The Hall–Kier alpha value is -2.42.